The highest BCUT2D eigenvalue weighted by atomic mass is 35.5. The Morgan fingerprint density at radius 3 is 1.54 bits per heavy atom. The second kappa shape index (κ2) is 11.9. The summed E-state index contributed by atoms with van der Waals surface area (Å²) < 4.78 is 0. The highest BCUT2D eigenvalue weighted by Gasteiger charge is 2.03. The Labute approximate surface area is 173 Å². The monoisotopic (exact) mass is 418 g/mol. The summed E-state index contributed by atoms with van der Waals surface area (Å²) in [5.74, 6) is -0.444. The molecular weight excluding hydrogens is 399 g/mol. The molecular formula is C20H20Cl2N4O2. The van der Waals surface area contributed by atoms with Gasteiger partial charge in [0.2, 0.25) is 11.8 Å². The average Bonchev–Trinajstić information content (AvgIpc) is 2.68. The number of nitrogens with zero attached hydrogens (tertiary/aromatic N) is 2. The number of amides is 2. The Morgan fingerprint density at radius 1 is 0.750 bits per heavy atom. The predicted octanol–water partition coefficient (Wildman–Crippen LogP) is 4.15. The Kier molecular flexibility index (Phi) is 9.18. The van der Waals surface area contributed by atoms with Crippen LogP contribution in [-0.4, -0.2) is 24.2 Å². The third kappa shape index (κ3) is 7.90. The summed E-state index contributed by atoms with van der Waals surface area (Å²) in [6.45, 7) is 0. The number of hydrogen-bond acceptors (Lipinski definition) is 4. The number of carbonyl (C=O) groups is 2. The van der Waals surface area contributed by atoms with Crippen molar-refractivity contribution in [3.05, 3.63) is 69.7 Å². The van der Waals surface area contributed by atoms with Crippen LogP contribution in [0.2, 0.25) is 10.0 Å². The quantitative estimate of drug-likeness (QED) is 0.364. The predicted molar refractivity (Wildman–Crippen MR) is 113 cm³/mol. The van der Waals surface area contributed by atoms with Crippen molar-refractivity contribution in [1.82, 2.24) is 10.9 Å². The van der Waals surface area contributed by atoms with E-state index in [0.29, 0.717) is 22.9 Å². The first kappa shape index (κ1) is 21.6. The molecule has 0 spiro atoms. The summed E-state index contributed by atoms with van der Waals surface area (Å²) in [5.41, 5.74) is 6.32. The number of hydrazone groups is 2. The molecule has 28 heavy (non-hydrogen) atoms. The van der Waals surface area contributed by atoms with Gasteiger partial charge in [0.15, 0.2) is 0 Å². The summed E-state index contributed by atoms with van der Waals surface area (Å²) in [5, 5.41) is 8.87. The third-order valence-electron chi connectivity index (χ3n) is 3.65. The number of unbranched alkanes of at least 4 members (excludes halogenated alkanes) is 1. The molecule has 2 amide bonds. The van der Waals surface area contributed by atoms with Crippen LogP contribution in [0.3, 0.4) is 0 Å². The minimum absolute atomic E-state index is 0.222. The van der Waals surface area contributed by atoms with Crippen molar-refractivity contribution in [2.75, 3.05) is 0 Å². The Bertz CT molecular complexity index is 797. The number of rotatable bonds is 9. The number of benzene rings is 2. The normalized spacial score (nSPS) is 11.1. The van der Waals surface area contributed by atoms with Crippen molar-refractivity contribution in [3.63, 3.8) is 0 Å². The molecule has 0 heterocycles. The first-order chi connectivity index (χ1) is 13.6. The summed E-state index contributed by atoms with van der Waals surface area (Å²) in [6.07, 6.45) is 4.66. The fraction of sp³-hybridized carbons (Fsp3) is 0.200. The van der Waals surface area contributed by atoms with Gasteiger partial charge in [-0.1, -0.05) is 59.6 Å². The molecule has 2 rings (SSSR count). The maximum Gasteiger partial charge on any atom is 0.240 e. The van der Waals surface area contributed by atoms with Crippen molar-refractivity contribution in [2.24, 2.45) is 10.2 Å². The number of hydrogen-bond donors (Lipinski definition) is 2. The molecule has 8 heteroatoms. The van der Waals surface area contributed by atoms with E-state index in [4.69, 9.17) is 23.2 Å². The van der Waals surface area contributed by atoms with Crippen LogP contribution in [-0.2, 0) is 9.59 Å². The first-order valence-electron chi connectivity index (χ1n) is 8.69. The van der Waals surface area contributed by atoms with Crippen molar-refractivity contribution in [2.45, 2.75) is 25.7 Å². The zero-order chi connectivity index (χ0) is 20.2. The van der Waals surface area contributed by atoms with Crippen LogP contribution in [0.15, 0.2) is 58.7 Å². The van der Waals surface area contributed by atoms with Gasteiger partial charge in [0.05, 0.1) is 12.4 Å². The van der Waals surface area contributed by atoms with Crippen LogP contribution >= 0.6 is 23.2 Å². The molecule has 0 aliphatic carbocycles. The fourth-order valence-corrected chi connectivity index (χ4v) is 2.56. The van der Waals surface area contributed by atoms with Crippen molar-refractivity contribution in [1.29, 1.82) is 0 Å². The van der Waals surface area contributed by atoms with E-state index in [0.717, 1.165) is 11.1 Å². The first-order valence-corrected chi connectivity index (χ1v) is 9.44. The molecule has 6 nitrogen and oxygen atoms in total. The van der Waals surface area contributed by atoms with Gasteiger partial charge >= 0.3 is 0 Å². The number of nitrogens with one attached hydrogen (secondary N) is 2. The van der Waals surface area contributed by atoms with E-state index in [-0.39, 0.29) is 24.7 Å². The van der Waals surface area contributed by atoms with Crippen LogP contribution in [0.25, 0.3) is 0 Å². The van der Waals surface area contributed by atoms with Gasteiger partial charge in [-0.2, -0.15) is 10.2 Å². The molecule has 146 valence electrons. The van der Waals surface area contributed by atoms with E-state index in [2.05, 4.69) is 21.1 Å². The molecule has 0 fully saturated rings. The van der Waals surface area contributed by atoms with Crippen LogP contribution in [0, 0.1) is 0 Å². The van der Waals surface area contributed by atoms with Crippen LogP contribution in [0.1, 0.15) is 36.8 Å². The Morgan fingerprint density at radius 2 is 1.14 bits per heavy atom. The maximum absolute atomic E-state index is 11.7. The van der Waals surface area contributed by atoms with Gasteiger partial charge in [-0.15, -0.1) is 0 Å². The van der Waals surface area contributed by atoms with E-state index >= 15 is 0 Å². The lowest BCUT2D eigenvalue weighted by atomic mass is 10.2. The van der Waals surface area contributed by atoms with Gasteiger partial charge in [0, 0.05) is 34.0 Å². The topological polar surface area (TPSA) is 82.9 Å². The summed E-state index contributed by atoms with van der Waals surface area (Å²) in [6, 6.07) is 14.4. The Balaban J connectivity index is 1.60. The van der Waals surface area contributed by atoms with E-state index in [1.165, 1.54) is 12.4 Å². The van der Waals surface area contributed by atoms with Crippen LogP contribution in [0.4, 0.5) is 0 Å². The number of carbonyl (C=O) groups excluding carboxylic acids is 2. The molecule has 0 atom stereocenters. The molecule has 0 bridgehead atoms. The molecule has 2 N–H and O–H groups in total. The molecule has 0 saturated carbocycles. The average molecular weight is 419 g/mol. The lowest BCUT2D eigenvalue weighted by Crippen LogP contribution is -2.19. The lowest BCUT2D eigenvalue weighted by Gasteiger charge is -2.01. The third-order valence-corrected chi connectivity index (χ3v) is 4.34. The maximum atomic E-state index is 11.7. The zero-order valence-corrected chi connectivity index (χ0v) is 16.6. The summed E-state index contributed by atoms with van der Waals surface area (Å²) >= 11 is 12.0. The molecule has 2 aromatic rings. The smallest absolute Gasteiger partial charge is 0.240 e. The second-order valence-corrected chi connectivity index (χ2v) is 6.65. The van der Waals surface area contributed by atoms with Gasteiger partial charge in [-0.25, -0.2) is 10.9 Å². The van der Waals surface area contributed by atoms with E-state index < -0.39 is 0 Å². The minimum Gasteiger partial charge on any atom is -0.273 e. The molecule has 2 aromatic carbocycles. The summed E-state index contributed by atoms with van der Waals surface area (Å²) in [7, 11) is 0. The van der Waals surface area contributed by atoms with E-state index in [1.54, 1.807) is 24.3 Å². The van der Waals surface area contributed by atoms with Gasteiger partial charge in [0.25, 0.3) is 0 Å². The van der Waals surface area contributed by atoms with Gasteiger partial charge in [-0.05, 0) is 25.0 Å². The fourth-order valence-electron chi connectivity index (χ4n) is 2.19. The molecule has 0 saturated heterocycles. The molecule has 0 unspecified atom stereocenters. The van der Waals surface area contributed by atoms with Crippen molar-refractivity contribution >= 4 is 47.4 Å². The Hall–Kier alpha value is -2.70. The molecule has 0 aliphatic heterocycles. The highest BCUT2D eigenvalue weighted by molar-refractivity contribution is 6.33. The number of halogens is 2. The van der Waals surface area contributed by atoms with Crippen molar-refractivity contribution in [3.8, 4) is 0 Å². The molecule has 0 radical (unpaired) electrons. The van der Waals surface area contributed by atoms with Crippen LogP contribution in [0.5, 0.6) is 0 Å². The minimum atomic E-state index is -0.222. The van der Waals surface area contributed by atoms with Gasteiger partial charge < -0.3 is 0 Å². The van der Waals surface area contributed by atoms with Crippen LogP contribution < -0.4 is 10.9 Å². The second-order valence-electron chi connectivity index (χ2n) is 5.84. The summed E-state index contributed by atoms with van der Waals surface area (Å²) in [4.78, 5) is 23.5. The lowest BCUT2D eigenvalue weighted by molar-refractivity contribution is -0.123. The molecule has 0 aliphatic rings. The largest absolute Gasteiger partial charge is 0.273 e. The van der Waals surface area contributed by atoms with Gasteiger partial charge in [-0.3, -0.25) is 9.59 Å². The molecule has 0 aromatic heterocycles. The SMILES string of the molecule is O=C(CCCCC(=O)N/N=C/c1ccccc1Cl)N/N=C/c1ccccc1Cl. The van der Waals surface area contributed by atoms with E-state index in [1.807, 2.05) is 24.3 Å². The van der Waals surface area contributed by atoms with Gasteiger partial charge in [0.1, 0.15) is 0 Å². The highest BCUT2D eigenvalue weighted by Crippen LogP contribution is 2.12. The zero-order valence-electron chi connectivity index (χ0n) is 15.1. The standard InChI is InChI=1S/C20H20Cl2N4O2/c21-17-9-3-1-7-15(17)13-23-25-19(27)11-5-6-12-20(28)26-24-14-16-8-2-4-10-18(16)22/h1-4,7-10,13-14H,5-6,11-12H2,(H,25,27)(H,26,28)/b23-13+,24-14+. The van der Waals surface area contributed by atoms with E-state index in [9.17, 15) is 9.59 Å². The van der Waals surface area contributed by atoms with Crippen molar-refractivity contribution < 1.29 is 9.59 Å².